The second-order valence-corrected chi connectivity index (χ2v) is 3.93. The summed E-state index contributed by atoms with van der Waals surface area (Å²) in [6.07, 6.45) is 4.35. The lowest BCUT2D eigenvalue weighted by Crippen LogP contribution is -2.29. The standard InChI is InChI=1S/C11H23NO2/c1-3-10(2)13-8-6-12-9-11-5-4-7-14-11/h10-12H,3-9H2,1-2H3. The highest BCUT2D eigenvalue weighted by molar-refractivity contribution is 4.67. The van der Waals surface area contributed by atoms with Gasteiger partial charge in [0.1, 0.15) is 0 Å². The maximum Gasteiger partial charge on any atom is 0.0700 e. The number of nitrogens with one attached hydrogen (secondary N) is 1. The minimum atomic E-state index is 0.388. The predicted molar refractivity (Wildman–Crippen MR) is 57.5 cm³/mol. The van der Waals surface area contributed by atoms with E-state index < -0.39 is 0 Å². The molecule has 1 aliphatic rings. The quantitative estimate of drug-likeness (QED) is 0.634. The Morgan fingerprint density at radius 2 is 2.43 bits per heavy atom. The van der Waals surface area contributed by atoms with Crippen LogP contribution in [0.2, 0.25) is 0 Å². The zero-order valence-corrected chi connectivity index (χ0v) is 9.42. The molecule has 0 aliphatic carbocycles. The van der Waals surface area contributed by atoms with E-state index in [1.165, 1.54) is 12.8 Å². The molecule has 1 saturated heterocycles. The van der Waals surface area contributed by atoms with E-state index >= 15 is 0 Å². The van der Waals surface area contributed by atoms with Crippen molar-refractivity contribution in [2.24, 2.45) is 0 Å². The number of rotatable bonds is 7. The molecular formula is C11H23NO2. The third kappa shape index (κ3) is 4.94. The van der Waals surface area contributed by atoms with Gasteiger partial charge in [0.2, 0.25) is 0 Å². The van der Waals surface area contributed by atoms with Crippen LogP contribution in [-0.4, -0.2) is 38.5 Å². The highest BCUT2D eigenvalue weighted by Crippen LogP contribution is 2.10. The summed E-state index contributed by atoms with van der Waals surface area (Å²) in [5, 5.41) is 3.36. The molecule has 0 aromatic carbocycles. The van der Waals surface area contributed by atoms with Gasteiger partial charge < -0.3 is 14.8 Å². The molecule has 0 aromatic heterocycles. The summed E-state index contributed by atoms with van der Waals surface area (Å²) in [7, 11) is 0. The zero-order chi connectivity index (χ0) is 10.2. The summed E-state index contributed by atoms with van der Waals surface area (Å²) in [4.78, 5) is 0. The number of hydrogen-bond acceptors (Lipinski definition) is 3. The Balaban J connectivity index is 1.84. The van der Waals surface area contributed by atoms with Crippen LogP contribution in [0.5, 0.6) is 0 Å². The Bertz CT molecular complexity index is 135. The summed E-state index contributed by atoms with van der Waals surface area (Å²) in [5.41, 5.74) is 0. The van der Waals surface area contributed by atoms with Crippen LogP contribution >= 0.6 is 0 Å². The first-order valence-corrected chi connectivity index (χ1v) is 5.77. The Morgan fingerprint density at radius 1 is 1.57 bits per heavy atom. The Hall–Kier alpha value is -0.120. The largest absolute Gasteiger partial charge is 0.377 e. The van der Waals surface area contributed by atoms with E-state index in [-0.39, 0.29) is 0 Å². The van der Waals surface area contributed by atoms with Crippen LogP contribution in [0.1, 0.15) is 33.1 Å². The van der Waals surface area contributed by atoms with E-state index in [0.717, 1.165) is 32.7 Å². The first-order chi connectivity index (χ1) is 6.83. The third-order valence-corrected chi connectivity index (χ3v) is 2.65. The molecule has 0 spiro atoms. The Morgan fingerprint density at radius 3 is 3.07 bits per heavy atom. The molecule has 84 valence electrons. The fraction of sp³-hybridized carbons (Fsp3) is 1.00. The van der Waals surface area contributed by atoms with Crippen LogP contribution in [0, 0.1) is 0 Å². The van der Waals surface area contributed by atoms with E-state index in [0.29, 0.717) is 12.2 Å². The van der Waals surface area contributed by atoms with Crippen LogP contribution in [0.4, 0.5) is 0 Å². The van der Waals surface area contributed by atoms with Crippen LogP contribution in [0.25, 0.3) is 0 Å². The molecule has 0 saturated carbocycles. The van der Waals surface area contributed by atoms with Crippen molar-refractivity contribution >= 4 is 0 Å². The zero-order valence-electron chi connectivity index (χ0n) is 9.42. The second-order valence-electron chi connectivity index (χ2n) is 3.93. The molecule has 3 heteroatoms. The normalized spacial score (nSPS) is 24.0. The van der Waals surface area contributed by atoms with Crippen molar-refractivity contribution < 1.29 is 9.47 Å². The monoisotopic (exact) mass is 201 g/mol. The van der Waals surface area contributed by atoms with E-state index in [1.54, 1.807) is 0 Å². The highest BCUT2D eigenvalue weighted by Gasteiger charge is 2.14. The minimum absolute atomic E-state index is 0.388. The van der Waals surface area contributed by atoms with Crippen molar-refractivity contribution in [3.05, 3.63) is 0 Å². The van der Waals surface area contributed by atoms with Crippen LogP contribution in [0.3, 0.4) is 0 Å². The fourth-order valence-corrected chi connectivity index (χ4v) is 1.52. The molecule has 0 radical (unpaired) electrons. The summed E-state index contributed by atoms with van der Waals surface area (Å²) in [6.45, 7) is 7.91. The average molecular weight is 201 g/mol. The summed E-state index contributed by atoms with van der Waals surface area (Å²) < 4.78 is 11.1. The molecule has 1 rings (SSSR count). The molecule has 2 unspecified atom stereocenters. The summed E-state index contributed by atoms with van der Waals surface area (Å²) in [5.74, 6) is 0. The molecule has 1 fully saturated rings. The minimum Gasteiger partial charge on any atom is -0.377 e. The van der Waals surface area contributed by atoms with Crippen molar-refractivity contribution in [1.82, 2.24) is 5.32 Å². The van der Waals surface area contributed by atoms with Gasteiger partial charge in [0.05, 0.1) is 18.8 Å². The first kappa shape index (κ1) is 12.0. The van der Waals surface area contributed by atoms with Crippen molar-refractivity contribution in [1.29, 1.82) is 0 Å². The molecule has 2 atom stereocenters. The van der Waals surface area contributed by atoms with Gasteiger partial charge in [-0.15, -0.1) is 0 Å². The lowest BCUT2D eigenvalue weighted by atomic mass is 10.2. The van der Waals surface area contributed by atoms with Gasteiger partial charge in [-0.1, -0.05) is 6.92 Å². The van der Waals surface area contributed by atoms with Crippen molar-refractivity contribution in [2.75, 3.05) is 26.3 Å². The molecule has 3 nitrogen and oxygen atoms in total. The Kier molecular flexibility index (Phi) is 6.15. The van der Waals surface area contributed by atoms with E-state index in [4.69, 9.17) is 9.47 Å². The van der Waals surface area contributed by atoms with Gasteiger partial charge in [-0.2, -0.15) is 0 Å². The Labute approximate surface area is 87.2 Å². The van der Waals surface area contributed by atoms with E-state index in [2.05, 4.69) is 19.2 Å². The summed E-state index contributed by atoms with van der Waals surface area (Å²) >= 11 is 0. The molecule has 0 bridgehead atoms. The molecule has 0 aromatic rings. The number of ether oxygens (including phenoxy) is 2. The summed E-state index contributed by atoms with van der Waals surface area (Å²) in [6, 6.07) is 0. The van der Waals surface area contributed by atoms with Gasteiger partial charge in [-0.05, 0) is 26.2 Å². The smallest absolute Gasteiger partial charge is 0.0700 e. The van der Waals surface area contributed by atoms with Gasteiger partial charge in [0.25, 0.3) is 0 Å². The predicted octanol–water partition coefficient (Wildman–Crippen LogP) is 1.57. The van der Waals surface area contributed by atoms with Gasteiger partial charge in [-0.25, -0.2) is 0 Å². The van der Waals surface area contributed by atoms with Crippen molar-refractivity contribution in [2.45, 2.75) is 45.3 Å². The van der Waals surface area contributed by atoms with Crippen LogP contribution in [0.15, 0.2) is 0 Å². The maximum absolute atomic E-state index is 5.55. The molecule has 14 heavy (non-hydrogen) atoms. The highest BCUT2D eigenvalue weighted by atomic mass is 16.5. The fourth-order valence-electron chi connectivity index (χ4n) is 1.52. The van der Waals surface area contributed by atoms with Crippen molar-refractivity contribution in [3.63, 3.8) is 0 Å². The lowest BCUT2D eigenvalue weighted by Gasteiger charge is -2.13. The van der Waals surface area contributed by atoms with E-state index in [9.17, 15) is 0 Å². The third-order valence-electron chi connectivity index (χ3n) is 2.65. The van der Waals surface area contributed by atoms with Gasteiger partial charge in [0, 0.05) is 19.7 Å². The first-order valence-electron chi connectivity index (χ1n) is 5.77. The molecule has 1 N–H and O–H groups in total. The van der Waals surface area contributed by atoms with E-state index in [1.807, 2.05) is 0 Å². The van der Waals surface area contributed by atoms with Gasteiger partial charge in [-0.3, -0.25) is 0 Å². The average Bonchev–Trinajstić information content (AvgIpc) is 2.69. The van der Waals surface area contributed by atoms with Crippen LogP contribution < -0.4 is 5.32 Å². The van der Waals surface area contributed by atoms with Crippen LogP contribution in [-0.2, 0) is 9.47 Å². The van der Waals surface area contributed by atoms with Gasteiger partial charge in [0.15, 0.2) is 0 Å². The lowest BCUT2D eigenvalue weighted by molar-refractivity contribution is 0.0615. The van der Waals surface area contributed by atoms with Crippen molar-refractivity contribution in [3.8, 4) is 0 Å². The topological polar surface area (TPSA) is 30.5 Å². The molecule has 1 aliphatic heterocycles. The van der Waals surface area contributed by atoms with Gasteiger partial charge >= 0.3 is 0 Å². The second kappa shape index (κ2) is 7.21. The number of hydrogen-bond donors (Lipinski definition) is 1. The molecule has 1 heterocycles. The SMILES string of the molecule is CCC(C)OCCNCC1CCCO1. The molecule has 0 amide bonds. The maximum atomic E-state index is 5.55. The molecular weight excluding hydrogens is 178 g/mol.